The van der Waals surface area contributed by atoms with E-state index in [2.05, 4.69) is 56.3 Å². The number of hydrogen-bond donors (Lipinski definition) is 0. The van der Waals surface area contributed by atoms with Crippen LogP contribution in [-0.2, 0) is 25.8 Å². The molecule has 5 aromatic carbocycles. The normalized spacial score (nSPS) is 11.4. The van der Waals surface area contributed by atoms with E-state index in [0.717, 1.165) is 69.9 Å². The summed E-state index contributed by atoms with van der Waals surface area (Å²) >= 11 is 5.79. The van der Waals surface area contributed by atoms with Gasteiger partial charge in [-0.2, -0.15) is 0 Å². The van der Waals surface area contributed by atoms with Gasteiger partial charge in [0.2, 0.25) is 0 Å². The van der Waals surface area contributed by atoms with Crippen LogP contribution < -0.4 is 0 Å². The summed E-state index contributed by atoms with van der Waals surface area (Å²) in [5, 5.41) is 16.3. The summed E-state index contributed by atoms with van der Waals surface area (Å²) in [6.07, 6.45) is 3.67. The third-order valence-corrected chi connectivity index (χ3v) is 8.14. The molecule has 8 nitrogen and oxygen atoms in total. The van der Waals surface area contributed by atoms with Crippen molar-refractivity contribution in [1.82, 2.24) is 0 Å². The minimum atomic E-state index is -0.254. The maximum absolute atomic E-state index is 12.9. The number of aryl methyl sites for hydroxylation is 1. The SMILES string of the molecule is CCCCC(=NOC)c1ccc(F)cc1.CON=C(C)c1ccc(C)cc1.CON=C(C)c1cccc(Cl)c1.CON=C(Cc1ccccc1)c1ccc(F)cc1. The summed E-state index contributed by atoms with van der Waals surface area (Å²) in [5.41, 5.74) is 9.63. The molecule has 0 heterocycles. The van der Waals surface area contributed by atoms with Crippen LogP contribution in [-0.4, -0.2) is 51.3 Å². The molecular weight excluding hydrogens is 746 g/mol. The number of benzene rings is 5. The number of halogens is 3. The molecule has 5 aromatic rings. The van der Waals surface area contributed by atoms with E-state index in [-0.39, 0.29) is 11.6 Å². The van der Waals surface area contributed by atoms with E-state index in [0.29, 0.717) is 11.4 Å². The average Bonchev–Trinajstić information content (AvgIpc) is 3.21. The second-order valence-electron chi connectivity index (χ2n) is 12.3. The molecule has 11 heteroatoms. The van der Waals surface area contributed by atoms with Crippen LogP contribution >= 0.6 is 11.6 Å². The number of unbranched alkanes of at least 4 members (excludes halogenated alkanes) is 1. The van der Waals surface area contributed by atoms with E-state index in [1.165, 1.54) is 51.2 Å². The van der Waals surface area contributed by atoms with Crippen molar-refractivity contribution in [3.05, 3.63) is 177 Å². The van der Waals surface area contributed by atoms with Gasteiger partial charge in [-0.05, 0) is 92.3 Å². The largest absolute Gasteiger partial charge is 0.399 e. The number of rotatable bonds is 13. The summed E-state index contributed by atoms with van der Waals surface area (Å²) in [5.74, 6) is -0.485. The highest BCUT2D eigenvalue weighted by Gasteiger charge is 2.07. The van der Waals surface area contributed by atoms with Gasteiger partial charge >= 0.3 is 0 Å². The summed E-state index contributed by atoms with van der Waals surface area (Å²) in [6.45, 7) is 7.98. The van der Waals surface area contributed by atoms with Crippen molar-refractivity contribution in [3.8, 4) is 0 Å². The Morgan fingerprint density at radius 2 is 1.02 bits per heavy atom. The van der Waals surface area contributed by atoms with Crippen LogP contribution in [0, 0.1) is 18.6 Å². The first-order chi connectivity index (χ1) is 27.5. The van der Waals surface area contributed by atoms with E-state index < -0.39 is 0 Å². The molecule has 0 aromatic heterocycles. The molecule has 0 aliphatic rings. The maximum Gasteiger partial charge on any atom is 0.123 e. The summed E-state index contributed by atoms with van der Waals surface area (Å²) in [7, 11) is 6.11. The minimum Gasteiger partial charge on any atom is -0.399 e. The zero-order valence-corrected chi connectivity index (χ0v) is 34.8. The van der Waals surface area contributed by atoms with E-state index in [1.807, 2.05) is 80.6 Å². The van der Waals surface area contributed by atoms with Crippen LogP contribution in [0.1, 0.15) is 73.4 Å². The Bertz CT molecular complexity index is 1990. The third kappa shape index (κ3) is 19.0. The molecule has 0 unspecified atom stereocenters. The van der Waals surface area contributed by atoms with Crippen LogP contribution in [0.3, 0.4) is 0 Å². The lowest BCUT2D eigenvalue weighted by molar-refractivity contribution is 0.212. The summed E-state index contributed by atoms with van der Waals surface area (Å²) < 4.78 is 25.6. The third-order valence-electron chi connectivity index (χ3n) is 7.91. The molecule has 0 aliphatic carbocycles. The molecule has 0 saturated carbocycles. The van der Waals surface area contributed by atoms with Gasteiger partial charge in [0.25, 0.3) is 0 Å². The van der Waals surface area contributed by atoms with Gasteiger partial charge in [0.15, 0.2) is 0 Å². The molecule has 5 rings (SSSR count). The lowest BCUT2D eigenvalue weighted by atomic mass is 10.0. The molecule has 0 saturated heterocycles. The van der Waals surface area contributed by atoms with Gasteiger partial charge in [-0.25, -0.2) is 8.78 Å². The number of hydrogen-bond acceptors (Lipinski definition) is 8. The van der Waals surface area contributed by atoms with Gasteiger partial charge in [-0.3, -0.25) is 0 Å². The van der Waals surface area contributed by atoms with Crippen LogP contribution in [0.5, 0.6) is 0 Å². The fraction of sp³-hybridized carbons (Fsp3) is 0.261. The van der Waals surface area contributed by atoms with Crippen molar-refractivity contribution in [3.63, 3.8) is 0 Å². The van der Waals surface area contributed by atoms with Crippen molar-refractivity contribution in [2.45, 2.75) is 53.4 Å². The Balaban J connectivity index is 0.000000266. The van der Waals surface area contributed by atoms with Crippen molar-refractivity contribution < 1.29 is 28.1 Å². The predicted octanol–water partition coefficient (Wildman–Crippen LogP) is 11.9. The van der Waals surface area contributed by atoms with E-state index in [1.54, 1.807) is 31.4 Å². The molecule has 0 atom stereocenters. The zero-order chi connectivity index (χ0) is 41.8. The molecule has 0 fully saturated rings. The Kier molecular flexibility index (Phi) is 23.0. The summed E-state index contributed by atoms with van der Waals surface area (Å²) in [6, 6.07) is 38.2. The van der Waals surface area contributed by atoms with E-state index >= 15 is 0 Å². The molecule has 0 aliphatic heterocycles. The second-order valence-corrected chi connectivity index (χ2v) is 12.8. The molecule has 57 heavy (non-hydrogen) atoms. The Labute approximate surface area is 341 Å². The van der Waals surface area contributed by atoms with Crippen LogP contribution in [0.2, 0.25) is 5.02 Å². The van der Waals surface area contributed by atoms with Crippen LogP contribution in [0.15, 0.2) is 148 Å². The molecule has 0 amide bonds. The van der Waals surface area contributed by atoms with Crippen LogP contribution in [0.25, 0.3) is 0 Å². The first kappa shape index (κ1) is 47.3. The number of oxime groups is 4. The predicted molar refractivity (Wildman–Crippen MR) is 231 cm³/mol. The quantitative estimate of drug-likeness (QED) is 0.0877. The fourth-order valence-corrected chi connectivity index (χ4v) is 5.15. The Morgan fingerprint density at radius 1 is 0.544 bits per heavy atom. The van der Waals surface area contributed by atoms with Gasteiger partial charge in [-0.15, -0.1) is 0 Å². The van der Waals surface area contributed by atoms with Crippen LogP contribution in [0.4, 0.5) is 8.78 Å². The highest BCUT2D eigenvalue weighted by atomic mass is 35.5. The van der Waals surface area contributed by atoms with E-state index in [9.17, 15) is 8.78 Å². The molecule has 0 radical (unpaired) electrons. The van der Waals surface area contributed by atoms with Gasteiger partial charge < -0.3 is 19.4 Å². The molecule has 302 valence electrons. The van der Waals surface area contributed by atoms with Gasteiger partial charge in [-0.1, -0.05) is 142 Å². The first-order valence-corrected chi connectivity index (χ1v) is 18.7. The van der Waals surface area contributed by atoms with Gasteiger partial charge in [0, 0.05) is 17.0 Å². The highest BCUT2D eigenvalue weighted by molar-refractivity contribution is 6.31. The second kappa shape index (κ2) is 27.7. The van der Waals surface area contributed by atoms with Crippen molar-refractivity contribution in [2.75, 3.05) is 28.4 Å². The van der Waals surface area contributed by atoms with Crippen molar-refractivity contribution in [1.29, 1.82) is 0 Å². The summed E-state index contributed by atoms with van der Waals surface area (Å²) in [4.78, 5) is 19.0. The molecule has 0 bridgehead atoms. The molecule has 0 spiro atoms. The van der Waals surface area contributed by atoms with Crippen molar-refractivity contribution >= 4 is 34.4 Å². The smallest absolute Gasteiger partial charge is 0.123 e. The molecule has 0 N–H and O–H groups in total. The monoisotopic (exact) mass is 798 g/mol. The van der Waals surface area contributed by atoms with Gasteiger partial charge in [0.05, 0.1) is 22.8 Å². The fourth-order valence-electron chi connectivity index (χ4n) is 4.96. The maximum atomic E-state index is 12.9. The average molecular weight is 799 g/mol. The topological polar surface area (TPSA) is 86.4 Å². The lowest BCUT2D eigenvalue weighted by Gasteiger charge is -2.06. The van der Waals surface area contributed by atoms with Crippen molar-refractivity contribution in [2.24, 2.45) is 20.6 Å². The minimum absolute atomic E-state index is 0.231. The van der Waals surface area contributed by atoms with E-state index in [4.69, 9.17) is 21.3 Å². The Morgan fingerprint density at radius 3 is 1.51 bits per heavy atom. The number of nitrogens with zero attached hydrogens (tertiary/aromatic N) is 4. The molecular formula is C46H53ClF2N4O4. The zero-order valence-electron chi connectivity index (χ0n) is 34.0. The first-order valence-electron chi connectivity index (χ1n) is 18.3. The highest BCUT2D eigenvalue weighted by Crippen LogP contribution is 2.13. The Hall–Kier alpha value is -5.87. The van der Waals surface area contributed by atoms with Gasteiger partial charge in [0.1, 0.15) is 40.1 Å². The standard InChI is InChI=1S/C15H14FNO.C12H16FNO.C10H13NO.C9H10ClNO/c1-18-17-15(11-12-5-3-2-4-6-12)13-7-9-14(16)10-8-13;1-3-4-5-12(14-15-2)10-6-8-11(13)9-7-10;1-8-4-6-10(7-5-8)9(2)11-12-3;1-7(11-12-2)8-4-3-5-9(10)6-8/h2-10H,11H2,1H3;6-9H,3-5H2,1-2H3;4-7H,1-3H3;3-6H,1-2H3. The lowest BCUT2D eigenvalue weighted by Crippen LogP contribution is -2.06.